The topological polar surface area (TPSA) is 79.4 Å². The van der Waals surface area contributed by atoms with Crippen molar-refractivity contribution in [2.45, 2.75) is 6.92 Å². The van der Waals surface area contributed by atoms with E-state index >= 15 is 0 Å². The summed E-state index contributed by atoms with van der Waals surface area (Å²) in [6, 6.07) is 3.45. The number of imide groups is 1. The first kappa shape index (κ1) is 12.0. The summed E-state index contributed by atoms with van der Waals surface area (Å²) in [5.74, 6) is -1.35. The molecule has 1 saturated heterocycles. The van der Waals surface area contributed by atoms with Crippen LogP contribution in [0.2, 0.25) is 0 Å². The Labute approximate surface area is 103 Å². The van der Waals surface area contributed by atoms with Crippen LogP contribution in [0.5, 0.6) is 0 Å². The molecule has 0 radical (unpaired) electrons. The van der Waals surface area contributed by atoms with Crippen LogP contribution in [-0.2, 0) is 14.4 Å². The minimum absolute atomic E-state index is 0.0782. The van der Waals surface area contributed by atoms with Crippen LogP contribution in [0.25, 0.3) is 6.08 Å². The van der Waals surface area contributed by atoms with Crippen molar-refractivity contribution < 1.29 is 14.4 Å². The number of amides is 3. The van der Waals surface area contributed by atoms with Gasteiger partial charge in [-0.25, -0.2) is 0 Å². The van der Waals surface area contributed by atoms with Gasteiger partial charge in [-0.15, -0.1) is 0 Å². The largest absolute Gasteiger partial charge is 0.320 e. The van der Waals surface area contributed by atoms with E-state index < -0.39 is 11.8 Å². The van der Waals surface area contributed by atoms with Gasteiger partial charge in [-0.3, -0.25) is 24.3 Å². The van der Waals surface area contributed by atoms with E-state index in [4.69, 9.17) is 0 Å². The van der Waals surface area contributed by atoms with Crippen LogP contribution in [0.4, 0.5) is 0 Å². The van der Waals surface area contributed by atoms with Gasteiger partial charge in [0.05, 0.1) is 0 Å². The molecule has 1 aliphatic rings. The van der Waals surface area contributed by atoms with Crippen molar-refractivity contribution in [2.75, 3.05) is 6.54 Å². The zero-order valence-electron chi connectivity index (χ0n) is 9.71. The van der Waals surface area contributed by atoms with Crippen LogP contribution in [0.15, 0.2) is 30.2 Å². The molecule has 0 spiro atoms. The average Bonchev–Trinajstić information content (AvgIpc) is 2.34. The molecule has 2 rings (SSSR count). The van der Waals surface area contributed by atoms with Crippen molar-refractivity contribution in [3.8, 4) is 0 Å². The highest BCUT2D eigenvalue weighted by molar-refractivity contribution is 6.12. The number of rotatable bonds is 1. The lowest BCUT2D eigenvalue weighted by Gasteiger charge is -2.25. The van der Waals surface area contributed by atoms with Crippen LogP contribution >= 0.6 is 0 Å². The SMILES string of the molecule is CC(=O)N1CC(=O)N/C(=C\c2cccnc2)C1=O. The molecule has 1 aromatic heterocycles. The Morgan fingerprint density at radius 3 is 2.89 bits per heavy atom. The van der Waals surface area contributed by atoms with E-state index in [9.17, 15) is 14.4 Å². The number of pyridine rings is 1. The lowest BCUT2D eigenvalue weighted by atomic mass is 10.2. The first-order valence-electron chi connectivity index (χ1n) is 5.32. The van der Waals surface area contributed by atoms with Gasteiger partial charge in [-0.1, -0.05) is 6.07 Å². The van der Waals surface area contributed by atoms with Crippen LogP contribution in [0.3, 0.4) is 0 Å². The number of aromatic nitrogens is 1. The van der Waals surface area contributed by atoms with Gasteiger partial charge in [-0.05, 0) is 17.7 Å². The number of carbonyl (C=O) groups excluding carboxylic acids is 3. The Hall–Kier alpha value is -2.50. The van der Waals surface area contributed by atoms with Gasteiger partial charge in [0.25, 0.3) is 5.91 Å². The van der Waals surface area contributed by atoms with E-state index in [1.807, 2.05) is 0 Å². The highest BCUT2D eigenvalue weighted by Crippen LogP contribution is 2.10. The second-order valence-corrected chi connectivity index (χ2v) is 3.80. The first-order chi connectivity index (χ1) is 8.58. The zero-order chi connectivity index (χ0) is 13.1. The quantitative estimate of drug-likeness (QED) is 0.702. The van der Waals surface area contributed by atoms with Gasteiger partial charge >= 0.3 is 0 Å². The number of hydrogen-bond acceptors (Lipinski definition) is 4. The molecule has 92 valence electrons. The molecular formula is C12H11N3O3. The third-order valence-corrected chi connectivity index (χ3v) is 2.43. The van der Waals surface area contributed by atoms with Gasteiger partial charge in [-0.2, -0.15) is 0 Å². The van der Waals surface area contributed by atoms with Crippen molar-refractivity contribution >= 4 is 23.8 Å². The third kappa shape index (κ3) is 2.42. The lowest BCUT2D eigenvalue weighted by Crippen LogP contribution is -2.51. The van der Waals surface area contributed by atoms with E-state index in [-0.39, 0.29) is 18.1 Å². The average molecular weight is 245 g/mol. The van der Waals surface area contributed by atoms with Crippen LogP contribution in [0, 0.1) is 0 Å². The normalized spacial score (nSPS) is 17.8. The second kappa shape index (κ2) is 4.79. The highest BCUT2D eigenvalue weighted by Gasteiger charge is 2.30. The Kier molecular flexibility index (Phi) is 3.18. The summed E-state index contributed by atoms with van der Waals surface area (Å²) in [7, 11) is 0. The number of nitrogens with one attached hydrogen (secondary N) is 1. The summed E-state index contributed by atoms with van der Waals surface area (Å²) in [6.07, 6.45) is 4.65. The summed E-state index contributed by atoms with van der Waals surface area (Å²) in [5, 5.41) is 2.45. The van der Waals surface area contributed by atoms with Gasteiger partial charge in [0.2, 0.25) is 11.8 Å². The summed E-state index contributed by atoms with van der Waals surface area (Å²) in [5.41, 5.74) is 0.751. The number of carbonyl (C=O) groups is 3. The van der Waals surface area contributed by atoms with E-state index in [1.54, 1.807) is 24.5 Å². The van der Waals surface area contributed by atoms with Crippen LogP contribution in [-0.4, -0.2) is 34.2 Å². The van der Waals surface area contributed by atoms with Crippen molar-refractivity contribution in [1.29, 1.82) is 0 Å². The van der Waals surface area contributed by atoms with E-state index in [0.717, 1.165) is 4.90 Å². The van der Waals surface area contributed by atoms with Crippen molar-refractivity contribution in [1.82, 2.24) is 15.2 Å². The molecule has 0 saturated carbocycles. The predicted octanol–water partition coefficient (Wildman–Crippen LogP) is -0.0726. The molecular weight excluding hydrogens is 234 g/mol. The molecule has 0 aromatic carbocycles. The van der Waals surface area contributed by atoms with E-state index in [0.29, 0.717) is 5.56 Å². The van der Waals surface area contributed by atoms with Crippen molar-refractivity contribution in [3.63, 3.8) is 0 Å². The zero-order valence-corrected chi connectivity index (χ0v) is 9.71. The molecule has 2 heterocycles. The molecule has 18 heavy (non-hydrogen) atoms. The molecule has 1 aromatic rings. The molecule has 1 fully saturated rings. The molecule has 1 N–H and O–H groups in total. The molecule has 0 atom stereocenters. The summed E-state index contributed by atoms with van der Waals surface area (Å²) in [4.78, 5) is 39.4. The van der Waals surface area contributed by atoms with E-state index in [2.05, 4.69) is 10.3 Å². The molecule has 6 nitrogen and oxygen atoms in total. The fourth-order valence-corrected chi connectivity index (χ4v) is 1.58. The van der Waals surface area contributed by atoms with Crippen molar-refractivity contribution in [2.24, 2.45) is 0 Å². The fourth-order valence-electron chi connectivity index (χ4n) is 1.58. The van der Waals surface area contributed by atoms with Gasteiger partial charge < -0.3 is 5.32 Å². The Bertz CT molecular complexity index is 537. The molecule has 6 heteroatoms. The maximum Gasteiger partial charge on any atom is 0.277 e. The standard InChI is InChI=1S/C12H11N3O3/c1-8(16)15-7-11(17)14-10(12(15)18)5-9-3-2-4-13-6-9/h2-6H,7H2,1H3,(H,14,17)/b10-5-. The maximum atomic E-state index is 11.9. The number of nitrogens with zero attached hydrogens (tertiary/aromatic N) is 2. The minimum Gasteiger partial charge on any atom is -0.320 e. The molecule has 3 amide bonds. The van der Waals surface area contributed by atoms with E-state index in [1.165, 1.54) is 13.0 Å². The third-order valence-electron chi connectivity index (χ3n) is 2.43. The molecule has 0 bridgehead atoms. The highest BCUT2D eigenvalue weighted by atomic mass is 16.2. The van der Waals surface area contributed by atoms with Gasteiger partial charge in [0.1, 0.15) is 12.2 Å². The predicted molar refractivity (Wildman–Crippen MR) is 62.8 cm³/mol. The summed E-state index contributed by atoms with van der Waals surface area (Å²) < 4.78 is 0. The smallest absolute Gasteiger partial charge is 0.277 e. The molecule has 0 aliphatic carbocycles. The molecule has 0 unspecified atom stereocenters. The lowest BCUT2D eigenvalue weighted by molar-refractivity contribution is -0.147. The fraction of sp³-hybridized carbons (Fsp3) is 0.167. The Balaban J connectivity index is 2.32. The monoisotopic (exact) mass is 245 g/mol. The summed E-state index contributed by atoms with van der Waals surface area (Å²) >= 11 is 0. The van der Waals surface area contributed by atoms with Crippen LogP contribution < -0.4 is 5.32 Å². The Morgan fingerprint density at radius 1 is 1.50 bits per heavy atom. The summed E-state index contributed by atoms with van der Waals surface area (Å²) in [6.45, 7) is 1.01. The molecule has 1 aliphatic heterocycles. The van der Waals surface area contributed by atoms with Crippen molar-refractivity contribution in [3.05, 3.63) is 35.8 Å². The first-order valence-corrected chi connectivity index (χ1v) is 5.32. The van der Waals surface area contributed by atoms with Crippen LogP contribution in [0.1, 0.15) is 12.5 Å². The van der Waals surface area contributed by atoms with Gasteiger partial charge in [0.15, 0.2) is 0 Å². The minimum atomic E-state index is -0.508. The second-order valence-electron chi connectivity index (χ2n) is 3.80. The van der Waals surface area contributed by atoms with Gasteiger partial charge in [0, 0.05) is 19.3 Å². The Morgan fingerprint density at radius 2 is 2.28 bits per heavy atom. The number of hydrogen-bond donors (Lipinski definition) is 1. The maximum absolute atomic E-state index is 11.9. The number of piperazine rings is 1.